The molecule has 0 amide bonds. The number of rotatable bonds is 5. The van der Waals surface area contributed by atoms with Crippen LogP contribution in [0.25, 0.3) is 0 Å². The van der Waals surface area contributed by atoms with Gasteiger partial charge >= 0.3 is 0 Å². The van der Waals surface area contributed by atoms with E-state index in [-0.39, 0.29) is 0 Å². The van der Waals surface area contributed by atoms with Gasteiger partial charge in [-0.15, -0.1) is 5.92 Å². The lowest BCUT2D eigenvalue weighted by atomic mass is 10.2. The quantitative estimate of drug-likeness (QED) is 0.766. The van der Waals surface area contributed by atoms with E-state index in [1.807, 2.05) is 25.2 Å². The molecule has 0 aromatic heterocycles. The third-order valence-corrected chi connectivity index (χ3v) is 2.09. The molecule has 86 valence electrons. The summed E-state index contributed by atoms with van der Waals surface area (Å²) >= 11 is 0. The Morgan fingerprint density at radius 2 is 2.12 bits per heavy atom. The van der Waals surface area contributed by atoms with Crippen molar-refractivity contribution in [1.29, 1.82) is 0 Å². The summed E-state index contributed by atoms with van der Waals surface area (Å²) in [5.74, 6) is 7.10. The average Bonchev–Trinajstić information content (AvgIpc) is 2.31. The lowest BCUT2D eigenvalue weighted by molar-refractivity contribution is 0.330. The van der Waals surface area contributed by atoms with Gasteiger partial charge < -0.3 is 14.8 Å². The molecule has 0 aliphatic carbocycles. The van der Waals surface area contributed by atoms with Crippen LogP contribution < -0.4 is 14.8 Å². The van der Waals surface area contributed by atoms with Crippen LogP contribution >= 0.6 is 0 Å². The van der Waals surface area contributed by atoms with Gasteiger partial charge in [-0.3, -0.25) is 0 Å². The number of ether oxygens (including phenoxy) is 2. The van der Waals surface area contributed by atoms with Crippen LogP contribution in [0.4, 0.5) is 0 Å². The van der Waals surface area contributed by atoms with Crippen LogP contribution in [0, 0.1) is 11.8 Å². The summed E-state index contributed by atoms with van der Waals surface area (Å²) in [4.78, 5) is 0. The van der Waals surface area contributed by atoms with Crippen molar-refractivity contribution in [3.63, 3.8) is 0 Å². The first-order valence-corrected chi connectivity index (χ1v) is 5.15. The van der Waals surface area contributed by atoms with Crippen LogP contribution in [0.3, 0.4) is 0 Å². The Morgan fingerprint density at radius 1 is 1.31 bits per heavy atom. The molecule has 0 aliphatic heterocycles. The number of benzene rings is 1. The lowest BCUT2D eigenvalue weighted by Crippen LogP contribution is -2.05. The van der Waals surface area contributed by atoms with Crippen molar-refractivity contribution in [2.75, 3.05) is 20.8 Å². The first-order valence-electron chi connectivity index (χ1n) is 5.15. The summed E-state index contributed by atoms with van der Waals surface area (Å²) in [7, 11) is 3.55. The average molecular weight is 219 g/mol. The van der Waals surface area contributed by atoms with E-state index in [4.69, 9.17) is 9.47 Å². The second-order valence-electron chi connectivity index (χ2n) is 3.23. The molecule has 16 heavy (non-hydrogen) atoms. The van der Waals surface area contributed by atoms with Crippen LogP contribution in [0.2, 0.25) is 0 Å². The van der Waals surface area contributed by atoms with Crippen molar-refractivity contribution >= 4 is 0 Å². The minimum absolute atomic E-state index is 0.387. The normalized spacial score (nSPS) is 9.19. The second-order valence-corrected chi connectivity index (χ2v) is 3.23. The summed E-state index contributed by atoms with van der Waals surface area (Å²) in [6, 6.07) is 5.88. The predicted molar refractivity (Wildman–Crippen MR) is 64.7 cm³/mol. The number of hydrogen-bond donors (Lipinski definition) is 1. The summed E-state index contributed by atoms with van der Waals surface area (Å²) in [6.45, 7) is 2.99. The summed E-state index contributed by atoms with van der Waals surface area (Å²) in [5.41, 5.74) is 1.16. The standard InChI is InChI=1S/C13H17NO2/c1-4-5-8-16-12-7-6-11(10-14-2)9-13(12)15-3/h6-7,9,14H,8,10H2,1-3H3. The Kier molecular flexibility index (Phi) is 5.24. The van der Waals surface area contributed by atoms with Crippen LogP contribution in [-0.4, -0.2) is 20.8 Å². The second kappa shape index (κ2) is 6.76. The molecule has 0 bridgehead atoms. The van der Waals surface area contributed by atoms with Crippen LogP contribution in [0.5, 0.6) is 11.5 Å². The maximum Gasteiger partial charge on any atom is 0.162 e. The number of hydrogen-bond acceptors (Lipinski definition) is 3. The Labute approximate surface area is 96.8 Å². The molecule has 0 heterocycles. The highest BCUT2D eigenvalue weighted by Gasteiger charge is 2.04. The molecular formula is C13H17NO2. The van der Waals surface area contributed by atoms with Crippen molar-refractivity contribution in [2.45, 2.75) is 13.5 Å². The fourth-order valence-electron chi connectivity index (χ4n) is 1.33. The predicted octanol–water partition coefficient (Wildman–Crippen LogP) is 1.82. The highest BCUT2D eigenvalue weighted by atomic mass is 16.5. The minimum Gasteiger partial charge on any atom is -0.493 e. The molecule has 1 aromatic rings. The molecule has 3 nitrogen and oxygen atoms in total. The molecule has 0 saturated heterocycles. The molecule has 0 aliphatic rings. The zero-order chi connectivity index (χ0) is 11.8. The lowest BCUT2D eigenvalue weighted by Gasteiger charge is -2.10. The van der Waals surface area contributed by atoms with Gasteiger partial charge in [-0.2, -0.15) is 0 Å². The molecule has 0 spiro atoms. The molecule has 1 aromatic carbocycles. The van der Waals surface area contributed by atoms with E-state index in [1.165, 1.54) is 0 Å². The molecule has 0 atom stereocenters. The van der Waals surface area contributed by atoms with Gasteiger partial charge in [0.25, 0.3) is 0 Å². The molecule has 1 rings (SSSR count). The largest absolute Gasteiger partial charge is 0.493 e. The molecule has 0 radical (unpaired) electrons. The molecule has 0 fully saturated rings. The molecular weight excluding hydrogens is 202 g/mol. The monoisotopic (exact) mass is 219 g/mol. The van der Waals surface area contributed by atoms with E-state index in [0.717, 1.165) is 23.6 Å². The molecule has 3 heteroatoms. The van der Waals surface area contributed by atoms with Crippen molar-refractivity contribution in [3.05, 3.63) is 23.8 Å². The Balaban J connectivity index is 2.78. The van der Waals surface area contributed by atoms with E-state index in [0.29, 0.717) is 6.61 Å². The van der Waals surface area contributed by atoms with Gasteiger partial charge in [0.15, 0.2) is 11.5 Å². The van der Waals surface area contributed by atoms with E-state index in [2.05, 4.69) is 17.2 Å². The van der Waals surface area contributed by atoms with Crippen LogP contribution in [-0.2, 0) is 6.54 Å². The minimum atomic E-state index is 0.387. The Morgan fingerprint density at radius 3 is 2.75 bits per heavy atom. The van der Waals surface area contributed by atoms with Gasteiger partial charge in [-0.05, 0) is 31.7 Å². The Hall–Kier alpha value is -1.66. The van der Waals surface area contributed by atoms with E-state index in [1.54, 1.807) is 14.0 Å². The van der Waals surface area contributed by atoms with Gasteiger partial charge in [-0.1, -0.05) is 12.0 Å². The fraction of sp³-hybridized carbons (Fsp3) is 0.385. The fourth-order valence-corrected chi connectivity index (χ4v) is 1.33. The van der Waals surface area contributed by atoms with Gasteiger partial charge in [0.05, 0.1) is 7.11 Å². The van der Waals surface area contributed by atoms with Crippen molar-refractivity contribution < 1.29 is 9.47 Å². The first-order chi connectivity index (χ1) is 7.81. The summed E-state index contributed by atoms with van der Waals surface area (Å²) < 4.78 is 10.7. The van der Waals surface area contributed by atoms with Crippen LogP contribution in [0.15, 0.2) is 18.2 Å². The maximum atomic E-state index is 5.48. The number of methoxy groups -OCH3 is 1. The van der Waals surface area contributed by atoms with Gasteiger partial charge in [-0.25, -0.2) is 0 Å². The third kappa shape index (κ3) is 3.48. The van der Waals surface area contributed by atoms with Gasteiger partial charge in [0.2, 0.25) is 0 Å². The van der Waals surface area contributed by atoms with Gasteiger partial charge in [0, 0.05) is 6.54 Å². The summed E-state index contributed by atoms with van der Waals surface area (Å²) in [5, 5.41) is 3.09. The van der Waals surface area contributed by atoms with Crippen molar-refractivity contribution in [2.24, 2.45) is 0 Å². The summed E-state index contributed by atoms with van der Waals surface area (Å²) in [6.07, 6.45) is 0. The zero-order valence-electron chi connectivity index (χ0n) is 9.96. The molecule has 0 saturated carbocycles. The van der Waals surface area contributed by atoms with Crippen LogP contribution in [0.1, 0.15) is 12.5 Å². The maximum absolute atomic E-state index is 5.48. The van der Waals surface area contributed by atoms with E-state index < -0.39 is 0 Å². The smallest absolute Gasteiger partial charge is 0.162 e. The van der Waals surface area contributed by atoms with E-state index in [9.17, 15) is 0 Å². The van der Waals surface area contributed by atoms with Crippen molar-refractivity contribution in [1.82, 2.24) is 5.32 Å². The molecule has 1 N–H and O–H groups in total. The highest BCUT2D eigenvalue weighted by Crippen LogP contribution is 2.27. The number of nitrogens with one attached hydrogen (secondary N) is 1. The Bertz CT molecular complexity index is 391. The van der Waals surface area contributed by atoms with Crippen molar-refractivity contribution in [3.8, 4) is 23.3 Å². The zero-order valence-corrected chi connectivity index (χ0v) is 9.96. The highest BCUT2D eigenvalue weighted by molar-refractivity contribution is 5.43. The van der Waals surface area contributed by atoms with E-state index >= 15 is 0 Å². The van der Waals surface area contributed by atoms with Gasteiger partial charge in [0.1, 0.15) is 6.61 Å². The topological polar surface area (TPSA) is 30.5 Å². The first kappa shape index (κ1) is 12.4. The molecule has 0 unspecified atom stereocenters. The third-order valence-electron chi connectivity index (χ3n) is 2.09. The SMILES string of the molecule is CC#CCOc1ccc(CNC)cc1OC.